The number of rotatable bonds is 7. The maximum atomic E-state index is 13.6. The highest BCUT2D eigenvalue weighted by Gasteiger charge is 2.08. The number of guanidine groups is 1. The maximum Gasteiger partial charge on any atom is 0.194 e. The van der Waals surface area contributed by atoms with Crippen molar-refractivity contribution in [3.8, 4) is 5.75 Å². The average molecular weight is 492 g/mol. The summed E-state index contributed by atoms with van der Waals surface area (Å²) in [6, 6.07) is 6.42. The molecule has 5 nitrogen and oxygen atoms in total. The molecule has 0 bridgehead atoms. The summed E-state index contributed by atoms with van der Waals surface area (Å²) in [6.45, 7) is 8.38. The van der Waals surface area contributed by atoms with Crippen LogP contribution in [0.15, 0.2) is 29.3 Å². The highest BCUT2D eigenvalue weighted by molar-refractivity contribution is 14.0. The Hall–Kier alpha value is -1.42. The number of hydrogen-bond acceptors (Lipinski definition) is 4. The van der Waals surface area contributed by atoms with Gasteiger partial charge in [0.25, 0.3) is 0 Å². The van der Waals surface area contributed by atoms with E-state index in [2.05, 4.69) is 22.2 Å². The Bertz CT molecular complexity index is 703. The summed E-state index contributed by atoms with van der Waals surface area (Å²) in [5.41, 5.74) is 1.06. The number of likely N-dealkylation sites (N-methyl/N-ethyl adjacent to an activating group) is 1. The molecule has 1 aromatic carbocycles. The third-order valence-electron chi connectivity index (χ3n) is 3.65. The fraction of sp³-hybridized carbons (Fsp3) is 0.444. The number of halogens is 2. The van der Waals surface area contributed by atoms with Crippen molar-refractivity contribution in [2.75, 3.05) is 26.7 Å². The molecule has 0 saturated carbocycles. The summed E-state index contributed by atoms with van der Waals surface area (Å²) in [4.78, 5) is 12.3. The molecule has 0 atom stereocenters. The lowest BCUT2D eigenvalue weighted by atomic mass is 10.3. The lowest BCUT2D eigenvalue weighted by Gasteiger charge is -2.22. The van der Waals surface area contributed by atoms with Gasteiger partial charge in [-0.2, -0.15) is 0 Å². The lowest BCUT2D eigenvalue weighted by molar-refractivity contribution is 0.270. The van der Waals surface area contributed by atoms with E-state index in [1.807, 2.05) is 25.8 Å². The zero-order valence-electron chi connectivity index (χ0n) is 15.6. The molecule has 0 radical (unpaired) electrons. The number of aliphatic imine (C=N–C) groups is 1. The van der Waals surface area contributed by atoms with E-state index in [0.717, 1.165) is 23.2 Å². The monoisotopic (exact) mass is 492 g/mol. The summed E-state index contributed by atoms with van der Waals surface area (Å²) < 4.78 is 19.1. The van der Waals surface area contributed by atoms with Crippen LogP contribution in [0.25, 0.3) is 0 Å². The Balaban J connectivity index is 0.00000338. The van der Waals surface area contributed by atoms with Crippen LogP contribution in [-0.4, -0.2) is 42.6 Å². The SMILES string of the molecule is CCNC(=NCc1nc(C)c(C)s1)N(C)CCOc1ccccc1F.I. The second kappa shape index (κ2) is 11.3. The third kappa shape index (κ3) is 6.71. The molecule has 0 aliphatic rings. The number of thiazole rings is 1. The van der Waals surface area contributed by atoms with Gasteiger partial charge in [-0.1, -0.05) is 12.1 Å². The molecule has 0 aliphatic heterocycles. The van der Waals surface area contributed by atoms with Crippen LogP contribution in [0.3, 0.4) is 0 Å². The maximum absolute atomic E-state index is 13.6. The van der Waals surface area contributed by atoms with Gasteiger partial charge in [0.05, 0.1) is 18.8 Å². The van der Waals surface area contributed by atoms with Crippen LogP contribution in [0.5, 0.6) is 5.75 Å². The normalized spacial score (nSPS) is 11.0. The van der Waals surface area contributed by atoms with Crippen LogP contribution in [0.1, 0.15) is 22.5 Å². The lowest BCUT2D eigenvalue weighted by Crippen LogP contribution is -2.40. The van der Waals surface area contributed by atoms with Gasteiger partial charge in [0, 0.05) is 18.5 Å². The van der Waals surface area contributed by atoms with E-state index in [1.165, 1.54) is 10.9 Å². The van der Waals surface area contributed by atoms with Crippen molar-refractivity contribution >= 4 is 41.3 Å². The van der Waals surface area contributed by atoms with Crippen LogP contribution in [0.4, 0.5) is 4.39 Å². The smallest absolute Gasteiger partial charge is 0.194 e. The van der Waals surface area contributed by atoms with Crippen LogP contribution in [-0.2, 0) is 6.54 Å². The Morgan fingerprint density at radius 1 is 1.35 bits per heavy atom. The molecular weight excluding hydrogens is 466 g/mol. The van der Waals surface area contributed by atoms with E-state index in [-0.39, 0.29) is 35.5 Å². The van der Waals surface area contributed by atoms with Gasteiger partial charge < -0.3 is 15.0 Å². The molecule has 0 amide bonds. The number of aryl methyl sites for hydroxylation is 2. The van der Waals surface area contributed by atoms with Crippen molar-refractivity contribution in [2.45, 2.75) is 27.3 Å². The first-order valence-corrected chi connectivity index (χ1v) is 9.12. The summed E-state index contributed by atoms with van der Waals surface area (Å²) in [5, 5.41) is 4.26. The number of benzene rings is 1. The summed E-state index contributed by atoms with van der Waals surface area (Å²) in [5.74, 6) is 0.706. The van der Waals surface area contributed by atoms with Gasteiger partial charge >= 0.3 is 0 Å². The van der Waals surface area contributed by atoms with E-state index in [9.17, 15) is 4.39 Å². The molecule has 1 N–H and O–H groups in total. The Morgan fingerprint density at radius 3 is 2.69 bits per heavy atom. The molecule has 26 heavy (non-hydrogen) atoms. The van der Waals surface area contributed by atoms with Gasteiger partial charge in [-0.05, 0) is 32.9 Å². The zero-order valence-corrected chi connectivity index (χ0v) is 18.7. The van der Waals surface area contributed by atoms with Gasteiger partial charge in [-0.25, -0.2) is 14.4 Å². The number of aromatic nitrogens is 1. The highest BCUT2D eigenvalue weighted by atomic mass is 127. The van der Waals surface area contributed by atoms with Crippen molar-refractivity contribution in [2.24, 2.45) is 4.99 Å². The molecular formula is C18H26FIN4OS. The van der Waals surface area contributed by atoms with Crippen LogP contribution in [0, 0.1) is 19.7 Å². The van der Waals surface area contributed by atoms with Crippen molar-refractivity contribution in [3.63, 3.8) is 0 Å². The molecule has 2 aromatic rings. The minimum atomic E-state index is -0.347. The highest BCUT2D eigenvalue weighted by Crippen LogP contribution is 2.17. The molecule has 0 unspecified atom stereocenters. The average Bonchev–Trinajstić information content (AvgIpc) is 2.91. The minimum Gasteiger partial charge on any atom is -0.489 e. The van der Waals surface area contributed by atoms with E-state index < -0.39 is 0 Å². The Kier molecular flexibility index (Phi) is 9.85. The topological polar surface area (TPSA) is 49.8 Å². The molecule has 8 heteroatoms. The van der Waals surface area contributed by atoms with Crippen molar-refractivity contribution in [3.05, 3.63) is 45.7 Å². The number of para-hydroxylation sites is 1. The van der Waals surface area contributed by atoms with E-state index in [0.29, 0.717) is 19.7 Å². The molecule has 1 aromatic heterocycles. The largest absolute Gasteiger partial charge is 0.489 e. The van der Waals surface area contributed by atoms with E-state index >= 15 is 0 Å². The summed E-state index contributed by atoms with van der Waals surface area (Å²) in [6.07, 6.45) is 0. The van der Waals surface area contributed by atoms with Crippen molar-refractivity contribution in [1.82, 2.24) is 15.2 Å². The molecule has 2 rings (SSSR count). The van der Waals surface area contributed by atoms with E-state index in [1.54, 1.807) is 29.5 Å². The molecule has 0 aliphatic carbocycles. The fourth-order valence-electron chi connectivity index (χ4n) is 2.18. The molecule has 0 spiro atoms. The first-order valence-electron chi connectivity index (χ1n) is 8.31. The standard InChI is InChI=1S/C18H25FN4OS.HI/c1-5-20-18(21-12-17-22-13(2)14(3)25-17)23(4)10-11-24-16-9-7-6-8-15(16)19;/h6-9H,5,10-12H2,1-4H3,(H,20,21);1H. The van der Waals surface area contributed by atoms with Crippen LogP contribution in [0.2, 0.25) is 0 Å². The zero-order chi connectivity index (χ0) is 18.2. The summed E-state index contributed by atoms with van der Waals surface area (Å²) in [7, 11) is 1.94. The predicted molar refractivity (Wildman–Crippen MR) is 116 cm³/mol. The van der Waals surface area contributed by atoms with Crippen LogP contribution >= 0.6 is 35.3 Å². The Morgan fingerprint density at radius 2 is 2.08 bits per heavy atom. The quantitative estimate of drug-likeness (QED) is 0.361. The first-order chi connectivity index (χ1) is 12.0. The molecule has 144 valence electrons. The molecule has 1 heterocycles. The Labute approximate surface area is 175 Å². The predicted octanol–water partition coefficient (Wildman–Crippen LogP) is 3.99. The van der Waals surface area contributed by atoms with Gasteiger partial charge in [-0.3, -0.25) is 0 Å². The minimum absolute atomic E-state index is 0. The second-order valence-corrected chi connectivity index (χ2v) is 6.91. The number of hydrogen-bond donors (Lipinski definition) is 1. The van der Waals surface area contributed by atoms with Gasteiger partial charge in [0.2, 0.25) is 0 Å². The third-order valence-corrected chi connectivity index (χ3v) is 4.71. The molecule has 0 saturated heterocycles. The number of ether oxygens (including phenoxy) is 1. The van der Waals surface area contributed by atoms with Crippen molar-refractivity contribution < 1.29 is 9.13 Å². The van der Waals surface area contributed by atoms with Gasteiger partial charge in [0.15, 0.2) is 17.5 Å². The van der Waals surface area contributed by atoms with Crippen LogP contribution < -0.4 is 10.1 Å². The number of nitrogens with zero attached hydrogens (tertiary/aromatic N) is 3. The number of nitrogens with one attached hydrogen (secondary N) is 1. The molecule has 0 fully saturated rings. The second-order valence-electron chi connectivity index (χ2n) is 5.62. The summed E-state index contributed by atoms with van der Waals surface area (Å²) >= 11 is 1.67. The van der Waals surface area contributed by atoms with Gasteiger partial charge in [-0.15, -0.1) is 35.3 Å². The fourth-order valence-corrected chi connectivity index (χ4v) is 3.04. The van der Waals surface area contributed by atoms with E-state index in [4.69, 9.17) is 4.74 Å². The van der Waals surface area contributed by atoms with Gasteiger partial charge in [0.1, 0.15) is 11.6 Å². The first kappa shape index (κ1) is 22.6. The van der Waals surface area contributed by atoms with Crippen molar-refractivity contribution in [1.29, 1.82) is 0 Å².